The van der Waals surface area contributed by atoms with Crippen LogP contribution in [0.3, 0.4) is 0 Å². The van der Waals surface area contributed by atoms with Crippen LogP contribution in [-0.2, 0) is 25.7 Å². The molecule has 1 saturated heterocycles. The quantitative estimate of drug-likeness (QED) is 0.451. The average molecular weight is 443 g/mol. The second-order valence-corrected chi connectivity index (χ2v) is 7.36. The molecular weight excluding hydrogens is 416 g/mol. The Morgan fingerprint density at radius 1 is 1.23 bits per heavy atom. The number of hydrogen-bond acceptors (Lipinski definition) is 6. The summed E-state index contributed by atoms with van der Waals surface area (Å²) in [6.45, 7) is 2.47. The number of morpholine rings is 1. The van der Waals surface area contributed by atoms with Gasteiger partial charge >= 0.3 is 0 Å². The van der Waals surface area contributed by atoms with Gasteiger partial charge in [0.25, 0.3) is 6.47 Å². The molecule has 2 aliphatic rings. The fraction of sp³-hybridized carbons (Fsp3) is 0.550. The van der Waals surface area contributed by atoms with Gasteiger partial charge in [-0.2, -0.15) is 0 Å². The van der Waals surface area contributed by atoms with Crippen LogP contribution in [0.2, 0.25) is 0 Å². The predicted molar refractivity (Wildman–Crippen MR) is 105 cm³/mol. The highest BCUT2D eigenvalue weighted by atomic mass is 19.1. The molecule has 0 unspecified atom stereocenters. The molecule has 1 aromatic carbocycles. The summed E-state index contributed by atoms with van der Waals surface area (Å²) in [5.74, 6) is -2.40. The molecule has 1 aromatic rings. The van der Waals surface area contributed by atoms with Crippen LogP contribution < -0.4 is 10.6 Å². The van der Waals surface area contributed by atoms with E-state index in [4.69, 9.17) is 14.6 Å². The van der Waals surface area contributed by atoms with E-state index in [1.807, 2.05) is 4.90 Å². The smallest absolute Gasteiger partial charge is 0.290 e. The van der Waals surface area contributed by atoms with Crippen molar-refractivity contribution in [3.8, 4) is 0 Å². The maximum atomic E-state index is 13.6. The van der Waals surface area contributed by atoms with Crippen molar-refractivity contribution < 1.29 is 38.1 Å². The van der Waals surface area contributed by atoms with E-state index in [2.05, 4.69) is 10.6 Å². The minimum Gasteiger partial charge on any atom is -0.483 e. The third-order valence-corrected chi connectivity index (χ3v) is 5.19. The van der Waals surface area contributed by atoms with Crippen molar-refractivity contribution in [1.29, 1.82) is 0 Å². The van der Waals surface area contributed by atoms with Crippen LogP contribution in [0.15, 0.2) is 18.2 Å². The average Bonchev–Trinajstić information content (AvgIpc) is 3.09. The summed E-state index contributed by atoms with van der Waals surface area (Å²) in [7, 11) is 0. The first kappa shape index (κ1) is 24.6. The van der Waals surface area contributed by atoms with Crippen molar-refractivity contribution in [2.75, 3.05) is 32.8 Å². The summed E-state index contributed by atoms with van der Waals surface area (Å²) in [4.78, 5) is 34.9. The molecule has 1 saturated carbocycles. The Labute approximate surface area is 178 Å². The van der Waals surface area contributed by atoms with E-state index in [-0.39, 0.29) is 43.4 Å². The molecule has 1 aliphatic heterocycles. The second kappa shape index (κ2) is 12.3. The lowest BCUT2D eigenvalue weighted by Gasteiger charge is -2.26. The lowest BCUT2D eigenvalue weighted by atomic mass is 10.1. The number of rotatable bonds is 6. The number of nitrogens with zero attached hydrogens (tertiary/aromatic N) is 1. The molecule has 0 aromatic heterocycles. The van der Waals surface area contributed by atoms with Crippen molar-refractivity contribution in [2.45, 2.75) is 31.5 Å². The number of amides is 2. The second-order valence-electron chi connectivity index (χ2n) is 7.36. The summed E-state index contributed by atoms with van der Waals surface area (Å²) < 4.78 is 31.8. The monoisotopic (exact) mass is 443 g/mol. The van der Waals surface area contributed by atoms with Gasteiger partial charge in [0.1, 0.15) is 11.6 Å². The lowest BCUT2D eigenvalue weighted by molar-refractivity contribution is -0.126. The minimum absolute atomic E-state index is 0.0639. The molecule has 2 amide bonds. The fourth-order valence-electron chi connectivity index (χ4n) is 3.59. The van der Waals surface area contributed by atoms with E-state index >= 15 is 0 Å². The van der Waals surface area contributed by atoms with E-state index in [0.29, 0.717) is 32.7 Å². The molecule has 0 bridgehead atoms. The summed E-state index contributed by atoms with van der Waals surface area (Å²) in [5.41, 5.74) is 0.184. The van der Waals surface area contributed by atoms with E-state index in [1.54, 1.807) is 0 Å². The maximum Gasteiger partial charge on any atom is 0.290 e. The van der Waals surface area contributed by atoms with Gasteiger partial charge in [0.05, 0.1) is 31.9 Å². The van der Waals surface area contributed by atoms with Gasteiger partial charge in [-0.25, -0.2) is 8.78 Å². The van der Waals surface area contributed by atoms with Crippen LogP contribution in [0.4, 0.5) is 8.78 Å². The summed E-state index contributed by atoms with van der Waals surface area (Å²) in [6.07, 6.45) is -0.277. The third kappa shape index (κ3) is 7.85. The first-order valence-corrected chi connectivity index (χ1v) is 9.91. The molecule has 0 radical (unpaired) electrons. The lowest BCUT2D eigenvalue weighted by Crippen LogP contribution is -2.47. The van der Waals surface area contributed by atoms with E-state index in [1.165, 1.54) is 6.07 Å². The Kier molecular flexibility index (Phi) is 9.76. The van der Waals surface area contributed by atoms with E-state index in [9.17, 15) is 23.5 Å². The largest absolute Gasteiger partial charge is 0.483 e. The Morgan fingerprint density at radius 2 is 1.90 bits per heavy atom. The molecule has 1 aliphatic carbocycles. The number of aliphatic hydroxyl groups excluding tert-OH is 1. The molecule has 4 N–H and O–H groups in total. The van der Waals surface area contributed by atoms with Gasteiger partial charge in [-0.3, -0.25) is 19.3 Å². The van der Waals surface area contributed by atoms with Crippen LogP contribution in [0.1, 0.15) is 18.4 Å². The minimum atomic E-state index is -0.813. The van der Waals surface area contributed by atoms with Crippen LogP contribution in [0, 0.1) is 17.6 Å². The molecule has 172 valence electrons. The topological polar surface area (TPSA) is 128 Å². The number of carbonyl (C=O) groups excluding carboxylic acids is 2. The molecular formula is C20H27F2N3O6. The molecule has 9 nitrogen and oxygen atoms in total. The number of aliphatic hydroxyl groups is 1. The number of carbonyl (C=O) groups is 3. The summed E-state index contributed by atoms with van der Waals surface area (Å²) in [6, 6.07) is 2.68. The number of ether oxygens (including phenoxy) is 1. The van der Waals surface area contributed by atoms with Gasteiger partial charge in [0, 0.05) is 37.2 Å². The SMILES string of the molecule is O=C(CN1CCOCC1)N[C@@H]1C[C@H](C(=O)NCc2ccc(F)cc2F)C[C@H]1O.O=CO. The van der Waals surface area contributed by atoms with Crippen molar-refractivity contribution in [1.82, 2.24) is 15.5 Å². The molecule has 1 heterocycles. The summed E-state index contributed by atoms with van der Waals surface area (Å²) in [5, 5.41) is 22.5. The normalized spacial score (nSPS) is 23.4. The van der Waals surface area contributed by atoms with Crippen molar-refractivity contribution in [2.24, 2.45) is 5.92 Å². The molecule has 31 heavy (non-hydrogen) atoms. The number of hydrogen-bond donors (Lipinski definition) is 4. The highest BCUT2D eigenvalue weighted by Gasteiger charge is 2.37. The first-order valence-electron chi connectivity index (χ1n) is 9.91. The maximum absolute atomic E-state index is 13.6. The van der Waals surface area contributed by atoms with Crippen molar-refractivity contribution >= 4 is 18.3 Å². The fourth-order valence-corrected chi connectivity index (χ4v) is 3.59. The van der Waals surface area contributed by atoms with Crippen molar-refractivity contribution in [3.05, 3.63) is 35.4 Å². The molecule has 3 atom stereocenters. The van der Waals surface area contributed by atoms with Gasteiger partial charge in [0.2, 0.25) is 11.8 Å². The molecule has 2 fully saturated rings. The Morgan fingerprint density at radius 3 is 2.55 bits per heavy atom. The Hall–Kier alpha value is -2.63. The molecule has 3 rings (SSSR count). The summed E-state index contributed by atoms with van der Waals surface area (Å²) >= 11 is 0. The number of benzene rings is 1. The Bertz CT molecular complexity index is 760. The van der Waals surface area contributed by atoms with Gasteiger partial charge < -0.3 is 25.6 Å². The third-order valence-electron chi connectivity index (χ3n) is 5.19. The van der Waals surface area contributed by atoms with Gasteiger partial charge in [-0.1, -0.05) is 6.07 Å². The van der Waals surface area contributed by atoms with E-state index < -0.39 is 29.7 Å². The number of nitrogens with one attached hydrogen (secondary N) is 2. The van der Waals surface area contributed by atoms with Crippen LogP contribution >= 0.6 is 0 Å². The zero-order valence-corrected chi connectivity index (χ0v) is 16.9. The van der Waals surface area contributed by atoms with Gasteiger partial charge in [0.15, 0.2) is 0 Å². The number of halogens is 2. The van der Waals surface area contributed by atoms with E-state index in [0.717, 1.165) is 12.1 Å². The first-order chi connectivity index (χ1) is 14.8. The van der Waals surface area contributed by atoms with Crippen molar-refractivity contribution in [3.63, 3.8) is 0 Å². The number of carboxylic acid groups (broad SMARTS) is 1. The molecule has 11 heteroatoms. The van der Waals surface area contributed by atoms with Crippen LogP contribution in [0.5, 0.6) is 0 Å². The van der Waals surface area contributed by atoms with Crippen LogP contribution in [-0.4, -0.2) is 78.4 Å². The van der Waals surface area contributed by atoms with Crippen LogP contribution in [0.25, 0.3) is 0 Å². The molecule has 0 spiro atoms. The highest BCUT2D eigenvalue weighted by molar-refractivity contribution is 5.80. The standard InChI is InChI=1S/C19H25F2N3O4.CH2O2/c20-14-2-1-12(15(21)9-14)10-22-19(27)13-7-16(17(25)8-13)23-18(26)11-24-3-5-28-6-4-24;2-1-3/h1-2,9,13,16-17,25H,3-8,10-11H2,(H,22,27)(H,23,26);1H,(H,2,3)/t13-,16+,17+;/m0./s1. The predicted octanol–water partition coefficient (Wildman–Crippen LogP) is -0.130. The van der Waals surface area contributed by atoms with Gasteiger partial charge in [-0.05, 0) is 18.9 Å². The zero-order valence-electron chi connectivity index (χ0n) is 16.9. The van der Waals surface area contributed by atoms with Gasteiger partial charge in [-0.15, -0.1) is 0 Å². The zero-order chi connectivity index (χ0) is 22.8. The Balaban J connectivity index is 0.00000107. The highest BCUT2D eigenvalue weighted by Crippen LogP contribution is 2.26.